The van der Waals surface area contributed by atoms with Crippen LogP contribution in [0, 0.1) is 17.8 Å². The number of rotatable bonds is 3. The molecule has 1 aliphatic carbocycles. The maximum Gasteiger partial charge on any atom is 0.245 e. The van der Waals surface area contributed by atoms with E-state index in [0.29, 0.717) is 30.7 Å². The molecule has 1 aromatic heterocycles. The van der Waals surface area contributed by atoms with Crippen LogP contribution in [-0.2, 0) is 27.3 Å². The van der Waals surface area contributed by atoms with E-state index in [1.54, 1.807) is 4.68 Å². The largest absolute Gasteiger partial charge is 0.327 e. The summed E-state index contributed by atoms with van der Waals surface area (Å²) >= 11 is 0. The van der Waals surface area contributed by atoms with Crippen LogP contribution in [0.4, 0.5) is 0 Å². The lowest BCUT2D eigenvalue weighted by Gasteiger charge is -2.26. The van der Waals surface area contributed by atoms with Gasteiger partial charge in [0.25, 0.3) is 0 Å². The fourth-order valence-corrected chi connectivity index (χ4v) is 7.10. The smallest absolute Gasteiger partial charge is 0.245 e. The molecular formula is C31H41N3O4. The molecule has 2 aliphatic heterocycles. The van der Waals surface area contributed by atoms with E-state index in [0.717, 1.165) is 67.0 Å². The van der Waals surface area contributed by atoms with Gasteiger partial charge in [0.05, 0.1) is 11.6 Å². The van der Waals surface area contributed by atoms with Crippen molar-refractivity contribution in [3.8, 4) is 0 Å². The zero-order chi connectivity index (χ0) is 27.4. The number of piperidine rings is 1. The monoisotopic (exact) mass is 519 g/mol. The highest BCUT2D eigenvalue weighted by Crippen LogP contribution is 2.62. The second kappa shape index (κ2) is 9.73. The van der Waals surface area contributed by atoms with Gasteiger partial charge in [0.2, 0.25) is 5.91 Å². The van der Waals surface area contributed by atoms with Crippen molar-refractivity contribution in [1.29, 1.82) is 0 Å². The standard InChI is InChI=1S/C31H41N3O4/c1-6-24(36)23-16-31-13-11-26(37)30(4,5)12-9-7-8-10-21-14-19(2)15-22-28(20(3)35)32-33(29(21)22)18-27(38)34(23)25(31)17-31/h14-15,23,25H,6-13,16-18H2,1-5H3/t23-,25+,31-/m0/s1. The Kier molecular flexibility index (Phi) is 6.85. The van der Waals surface area contributed by atoms with E-state index in [9.17, 15) is 19.2 Å². The number of amides is 1. The molecule has 1 aromatic carbocycles. The van der Waals surface area contributed by atoms with Crippen molar-refractivity contribution in [2.75, 3.05) is 0 Å². The number of nitrogens with zero attached hydrogens (tertiary/aromatic N) is 3. The van der Waals surface area contributed by atoms with Gasteiger partial charge in [-0.3, -0.25) is 23.9 Å². The first-order valence-corrected chi connectivity index (χ1v) is 14.4. The third-order valence-electron chi connectivity index (χ3n) is 9.46. The van der Waals surface area contributed by atoms with Gasteiger partial charge in [-0.05, 0) is 62.5 Å². The van der Waals surface area contributed by atoms with Gasteiger partial charge in [-0.1, -0.05) is 45.2 Å². The molecule has 7 heteroatoms. The molecule has 0 spiro atoms. The molecular weight excluding hydrogens is 478 g/mol. The summed E-state index contributed by atoms with van der Waals surface area (Å²) in [6.07, 6.45) is 7.75. The fourth-order valence-electron chi connectivity index (χ4n) is 7.10. The number of aromatic nitrogens is 2. The lowest BCUT2D eigenvalue weighted by molar-refractivity contribution is -0.139. The van der Waals surface area contributed by atoms with Gasteiger partial charge < -0.3 is 4.90 Å². The highest BCUT2D eigenvalue weighted by atomic mass is 16.2. The second-order valence-electron chi connectivity index (χ2n) is 12.7. The van der Waals surface area contributed by atoms with Gasteiger partial charge in [-0.25, -0.2) is 0 Å². The summed E-state index contributed by atoms with van der Waals surface area (Å²) in [7, 11) is 0. The molecule has 2 fully saturated rings. The number of aryl methyl sites for hydroxylation is 2. The minimum atomic E-state index is -0.441. The van der Waals surface area contributed by atoms with Gasteiger partial charge in [-0.2, -0.15) is 5.10 Å². The summed E-state index contributed by atoms with van der Waals surface area (Å²) in [4.78, 5) is 54.5. The normalized spacial score (nSPS) is 27.8. The maximum absolute atomic E-state index is 13.9. The Balaban J connectivity index is 1.57. The summed E-state index contributed by atoms with van der Waals surface area (Å²) in [5.41, 5.74) is 2.91. The number of carbonyl (C=O) groups excluding carboxylic acids is 4. The third-order valence-corrected chi connectivity index (χ3v) is 9.46. The molecule has 7 nitrogen and oxygen atoms in total. The Morgan fingerprint density at radius 3 is 2.53 bits per heavy atom. The Labute approximate surface area is 225 Å². The van der Waals surface area contributed by atoms with Crippen LogP contribution >= 0.6 is 0 Å². The van der Waals surface area contributed by atoms with Gasteiger partial charge in [0.1, 0.15) is 18.0 Å². The summed E-state index contributed by atoms with van der Waals surface area (Å²) in [6, 6.07) is 3.69. The zero-order valence-electron chi connectivity index (χ0n) is 23.6. The zero-order valence-corrected chi connectivity index (χ0v) is 23.6. The van der Waals surface area contributed by atoms with Crippen molar-refractivity contribution in [3.05, 3.63) is 29.0 Å². The van der Waals surface area contributed by atoms with Gasteiger partial charge >= 0.3 is 0 Å². The van der Waals surface area contributed by atoms with E-state index in [1.165, 1.54) is 6.92 Å². The van der Waals surface area contributed by atoms with Crippen LogP contribution in [0.3, 0.4) is 0 Å². The van der Waals surface area contributed by atoms with Crippen molar-refractivity contribution in [2.24, 2.45) is 10.8 Å². The van der Waals surface area contributed by atoms with Crippen molar-refractivity contribution >= 4 is 34.2 Å². The molecule has 5 rings (SSSR count). The van der Waals surface area contributed by atoms with Crippen molar-refractivity contribution in [2.45, 2.75) is 117 Å². The highest BCUT2D eigenvalue weighted by Gasteiger charge is 2.66. The van der Waals surface area contributed by atoms with E-state index in [1.807, 2.05) is 24.8 Å². The molecule has 0 N–H and O–H groups in total. The topological polar surface area (TPSA) is 89.3 Å². The quantitative estimate of drug-likeness (QED) is 0.508. The van der Waals surface area contributed by atoms with Crippen LogP contribution in [-0.4, -0.2) is 50.0 Å². The summed E-state index contributed by atoms with van der Waals surface area (Å²) in [6.45, 7) is 9.52. The van der Waals surface area contributed by atoms with E-state index in [-0.39, 0.29) is 40.9 Å². The summed E-state index contributed by atoms with van der Waals surface area (Å²) in [5.74, 6) is 0.135. The van der Waals surface area contributed by atoms with E-state index >= 15 is 0 Å². The molecule has 3 aliphatic rings. The average molecular weight is 520 g/mol. The SMILES string of the molecule is CCC(=O)[C@@H]1C[C@]23CCC(=O)C(C)(C)CCCCCc4cc(C)cc5c(C(C)=O)nn(c45)CC(=O)N1[C@@H]2C3. The van der Waals surface area contributed by atoms with Crippen LogP contribution in [0.1, 0.15) is 107 Å². The minimum absolute atomic E-state index is 0.00193. The summed E-state index contributed by atoms with van der Waals surface area (Å²) in [5, 5.41) is 5.46. The fraction of sp³-hybridized carbons (Fsp3) is 0.645. The Morgan fingerprint density at radius 1 is 1.05 bits per heavy atom. The predicted octanol–water partition coefficient (Wildman–Crippen LogP) is 5.38. The average Bonchev–Trinajstić information content (AvgIpc) is 3.27. The lowest BCUT2D eigenvalue weighted by atomic mass is 9.79. The van der Waals surface area contributed by atoms with Gasteiger partial charge in [0, 0.05) is 36.6 Å². The Hall–Kier alpha value is -2.83. The number of hydrogen-bond acceptors (Lipinski definition) is 5. The molecule has 0 unspecified atom stereocenters. The van der Waals surface area contributed by atoms with Crippen LogP contribution in [0.15, 0.2) is 12.1 Å². The number of hydrogen-bond donors (Lipinski definition) is 0. The first-order valence-electron chi connectivity index (χ1n) is 14.4. The molecule has 1 amide bonds. The van der Waals surface area contributed by atoms with E-state index < -0.39 is 6.04 Å². The number of carbonyl (C=O) groups is 4. The minimum Gasteiger partial charge on any atom is -0.327 e. The van der Waals surface area contributed by atoms with Crippen LogP contribution in [0.25, 0.3) is 10.9 Å². The molecule has 1 saturated carbocycles. The van der Waals surface area contributed by atoms with E-state index in [4.69, 9.17) is 0 Å². The van der Waals surface area contributed by atoms with Gasteiger partial charge in [-0.15, -0.1) is 0 Å². The molecule has 38 heavy (non-hydrogen) atoms. The molecule has 2 aromatic rings. The Morgan fingerprint density at radius 2 is 1.82 bits per heavy atom. The number of ketones is 3. The maximum atomic E-state index is 13.9. The first-order chi connectivity index (χ1) is 18.0. The number of benzene rings is 1. The Bertz CT molecular complexity index is 1320. The van der Waals surface area contributed by atoms with Crippen molar-refractivity contribution in [3.63, 3.8) is 0 Å². The van der Waals surface area contributed by atoms with E-state index in [2.05, 4.69) is 25.0 Å². The lowest BCUT2D eigenvalue weighted by Crippen LogP contribution is -2.44. The summed E-state index contributed by atoms with van der Waals surface area (Å²) < 4.78 is 1.71. The first kappa shape index (κ1) is 26.8. The van der Waals surface area contributed by atoms with Gasteiger partial charge in [0.15, 0.2) is 11.6 Å². The molecule has 0 radical (unpaired) electrons. The molecule has 3 heterocycles. The molecule has 204 valence electrons. The number of Topliss-reactive ketones (excluding diaryl/α,β-unsaturated/α-hetero) is 3. The molecule has 2 bridgehead atoms. The van der Waals surface area contributed by atoms with Crippen molar-refractivity contribution in [1.82, 2.24) is 14.7 Å². The van der Waals surface area contributed by atoms with Crippen LogP contribution in [0.2, 0.25) is 0 Å². The third kappa shape index (κ3) is 4.62. The van der Waals surface area contributed by atoms with Crippen LogP contribution in [0.5, 0.6) is 0 Å². The predicted molar refractivity (Wildman–Crippen MR) is 146 cm³/mol. The van der Waals surface area contributed by atoms with Crippen LogP contribution < -0.4 is 0 Å². The molecule has 1 saturated heterocycles. The second-order valence-corrected chi connectivity index (χ2v) is 12.7. The van der Waals surface area contributed by atoms with Crippen molar-refractivity contribution < 1.29 is 19.2 Å². The highest BCUT2D eigenvalue weighted by molar-refractivity contribution is 6.06. The molecule has 3 atom stereocenters.